The maximum atomic E-state index is 12.8. The van der Waals surface area contributed by atoms with E-state index in [2.05, 4.69) is 55.2 Å². The van der Waals surface area contributed by atoms with Gasteiger partial charge < -0.3 is 25.4 Å². The van der Waals surface area contributed by atoms with Crippen molar-refractivity contribution >= 4 is 41.2 Å². The zero-order valence-electron chi connectivity index (χ0n) is 19.4. The first-order valence-electron chi connectivity index (χ1n) is 11.4. The fraction of sp³-hybridized carbons (Fsp3) is 0.280. The largest absolute Gasteiger partial charge is 0.368 e. The lowest BCUT2D eigenvalue weighted by molar-refractivity contribution is 0.0966. The van der Waals surface area contributed by atoms with Gasteiger partial charge >= 0.3 is 0 Å². The lowest BCUT2D eigenvalue weighted by atomic mass is 9.97. The zero-order chi connectivity index (χ0) is 23.7. The molecule has 3 N–H and O–H groups in total. The molecule has 0 radical (unpaired) electrons. The first-order chi connectivity index (χ1) is 16.6. The third-order valence-corrected chi connectivity index (χ3v) is 6.43. The van der Waals surface area contributed by atoms with Gasteiger partial charge in [0.2, 0.25) is 0 Å². The van der Waals surface area contributed by atoms with Crippen LogP contribution in [0.15, 0.2) is 47.9 Å². The highest BCUT2D eigenvalue weighted by atomic mass is 16.1. The minimum Gasteiger partial charge on any atom is -0.368 e. The number of rotatable bonds is 6. The van der Waals surface area contributed by atoms with Gasteiger partial charge in [-0.2, -0.15) is 0 Å². The standard InChI is InChI=1S/C25H28N8O/c1-4-17(18-7-8-27-24(18)26-2)23-19-14-30-25(34)22(19)20(15-29-23)31-21-6-5-16(13-28-21)33-11-9-32(3)10-12-33/h4-8,13,15,27H,2,9-12,14H2,1,3H3,(H,28,31)(H,30,34)/b17-4+. The van der Waals surface area contributed by atoms with Crippen LogP contribution in [0.2, 0.25) is 0 Å². The number of carbonyl (C=O) groups is 1. The molecule has 5 heterocycles. The van der Waals surface area contributed by atoms with Crippen LogP contribution in [-0.4, -0.2) is 65.7 Å². The van der Waals surface area contributed by atoms with Gasteiger partial charge in [0.05, 0.1) is 35.0 Å². The molecule has 0 aliphatic carbocycles. The number of aliphatic imine (C=N–C) groups is 1. The van der Waals surface area contributed by atoms with Gasteiger partial charge in [0, 0.05) is 55.6 Å². The number of carbonyl (C=O) groups excluding carboxylic acids is 1. The second kappa shape index (κ2) is 9.11. The van der Waals surface area contributed by atoms with Crippen molar-refractivity contribution in [1.82, 2.24) is 25.2 Å². The van der Waals surface area contributed by atoms with E-state index in [0.29, 0.717) is 29.4 Å². The van der Waals surface area contributed by atoms with Crippen LogP contribution in [0.4, 0.5) is 23.0 Å². The molecular formula is C25H28N8O. The van der Waals surface area contributed by atoms with Crippen molar-refractivity contribution < 1.29 is 4.79 Å². The molecule has 9 heteroatoms. The number of nitrogens with one attached hydrogen (secondary N) is 3. The molecule has 9 nitrogen and oxygen atoms in total. The molecule has 0 unspecified atom stereocenters. The van der Waals surface area contributed by atoms with Crippen molar-refractivity contribution in [2.24, 2.45) is 4.99 Å². The van der Waals surface area contributed by atoms with Crippen molar-refractivity contribution in [3.05, 3.63) is 65.2 Å². The molecule has 2 aliphatic rings. The Morgan fingerprint density at radius 3 is 2.71 bits per heavy atom. The average Bonchev–Trinajstić information content (AvgIpc) is 3.49. The van der Waals surface area contributed by atoms with Crippen molar-refractivity contribution in [1.29, 1.82) is 0 Å². The van der Waals surface area contributed by atoms with Gasteiger partial charge in [0.25, 0.3) is 5.91 Å². The first-order valence-corrected chi connectivity index (χ1v) is 11.4. The summed E-state index contributed by atoms with van der Waals surface area (Å²) >= 11 is 0. The molecule has 3 aromatic heterocycles. The van der Waals surface area contributed by atoms with Gasteiger partial charge in [-0.25, -0.2) is 9.98 Å². The second-order valence-corrected chi connectivity index (χ2v) is 8.47. The Balaban J connectivity index is 1.43. The zero-order valence-corrected chi connectivity index (χ0v) is 19.4. The van der Waals surface area contributed by atoms with Crippen molar-refractivity contribution in [2.45, 2.75) is 13.5 Å². The molecule has 0 atom stereocenters. The second-order valence-electron chi connectivity index (χ2n) is 8.47. The smallest absolute Gasteiger partial charge is 0.254 e. The number of H-pyrrole nitrogens is 1. The normalized spacial score (nSPS) is 16.4. The number of anilines is 3. The number of pyridine rings is 2. The minimum absolute atomic E-state index is 0.123. The Morgan fingerprint density at radius 1 is 1.18 bits per heavy atom. The van der Waals surface area contributed by atoms with E-state index in [4.69, 9.17) is 4.98 Å². The highest BCUT2D eigenvalue weighted by molar-refractivity contribution is 6.05. The van der Waals surface area contributed by atoms with Crippen LogP contribution in [0.25, 0.3) is 5.57 Å². The summed E-state index contributed by atoms with van der Waals surface area (Å²) < 4.78 is 0. The summed E-state index contributed by atoms with van der Waals surface area (Å²) in [6.45, 7) is 10.1. The predicted octanol–water partition coefficient (Wildman–Crippen LogP) is 3.33. The summed E-state index contributed by atoms with van der Waals surface area (Å²) in [5.41, 5.74) is 5.74. The average molecular weight is 457 g/mol. The van der Waals surface area contributed by atoms with E-state index in [1.165, 1.54) is 0 Å². The van der Waals surface area contributed by atoms with Crippen LogP contribution in [0.1, 0.15) is 34.1 Å². The van der Waals surface area contributed by atoms with Crippen LogP contribution < -0.4 is 15.5 Å². The Morgan fingerprint density at radius 2 is 2.00 bits per heavy atom. The maximum absolute atomic E-state index is 12.8. The van der Waals surface area contributed by atoms with Crippen LogP contribution in [0, 0.1) is 0 Å². The Labute approximate surface area is 198 Å². The molecule has 3 aromatic rings. The summed E-state index contributed by atoms with van der Waals surface area (Å²) in [6, 6.07) is 5.95. The van der Waals surface area contributed by atoms with E-state index in [1.807, 2.05) is 37.5 Å². The molecule has 174 valence electrons. The van der Waals surface area contributed by atoms with E-state index in [-0.39, 0.29) is 5.91 Å². The number of aromatic nitrogens is 3. The van der Waals surface area contributed by atoms with E-state index in [0.717, 1.165) is 54.3 Å². The van der Waals surface area contributed by atoms with Gasteiger partial charge in [-0.05, 0) is 38.9 Å². The van der Waals surface area contributed by atoms with E-state index in [9.17, 15) is 4.79 Å². The number of aromatic amines is 1. The SMILES string of the molecule is C=Nc1[nH]ccc1/C(=C\C)c1ncc(Nc2ccc(N3CCN(C)CC3)cn2)c2c1CNC2=O. The lowest BCUT2D eigenvalue weighted by Gasteiger charge is -2.33. The predicted molar refractivity (Wildman–Crippen MR) is 135 cm³/mol. The molecule has 1 fully saturated rings. The van der Waals surface area contributed by atoms with E-state index in [1.54, 1.807) is 6.20 Å². The highest BCUT2D eigenvalue weighted by Gasteiger charge is 2.29. The fourth-order valence-electron chi connectivity index (χ4n) is 4.55. The monoisotopic (exact) mass is 456 g/mol. The quantitative estimate of drug-likeness (QED) is 0.492. The first kappa shape index (κ1) is 21.8. The van der Waals surface area contributed by atoms with Gasteiger partial charge in [0.1, 0.15) is 11.6 Å². The molecule has 1 amide bonds. The molecule has 2 aliphatic heterocycles. The fourth-order valence-corrected chi connectivity index (χ4v) is 4.55. The summed E-state index contributed by atoms with van der Waals surface area (Å²) in [4.78, 5) is 33.9. The summed E-state index contributed by atoms with van der Waals surface area (Å²) in [5, 5.41) is 6.24. The van der Waals surface area contributed by atoms with Crippen molar-refractivity contribution in [3.8, 4) is 0 Å². The maximum Gasteiger partial charge on any atom is 0.254 e. The molecule has 0 aromatic carbocycles. The van der Waals surface area contributed by atoms with E-state index < -0.39 is 0 Å². The Kier molecular flexibility index (Phi) is 5.85. The Hall–Kier alpha value is -3.98. The molecular weight excluding hydrogens is 428 g/mol. The summed E-state index contributed by atoms with van der Waals surface area (Å²) in [7, 11) is 2.14. The molecule has 0 bridgehead atoms. The number of hydrogen-bond acceptors (Lipinski definition) is 7. The molecule has 1 saturated heterocycles. The van der Waals surface area contributed by atoms with E-state index >= 15 is 0 Å². The van der Waals surface area contributed by atoms with Crippen LogP contribution in [0.3, 0.4) is 0 Å². The summed E-state index contributed by atoms with van der Waals surface area (Å²) in [6.07, 6.45) is 7.38. The van der Waals surface area contributed by atoms with Gasteiger partial charge in [-0.15, -0.1) is 0 Å². The van der Waals surface area contributed by atoms with Gasteiger partial charge in [-0.1, -0.05) is 6.08 Å². The van der Waals surface area contributed by atoms with Crippen LogP contribution in [-0.2, 0) is 6.54 Å². The number of likely N-dealkylation sites (N-methyl/N-ethyl adjacent to an activating group) is 1. The van der Waals surface area contributed by atoms with Crippen molar-refractivity contribution in [3.63, 3.8) is 0 Å². The topological polar surface area (TPSA) is 102 Å². The van der Waals surface area contributed by atoms with Gasteiger partial charge in [-0.3, -0.25) is 9.78 Å². The van der Waals surface area contributed by atoms with Crippen LogP contribution in [0.5, 0.6) is 0 Å². The summed E-state index contributed by atoms with van der Waals surface area (Å²) in [5.74, 6) is 1.22. The number of hydrogen-bond donors (Lipinski definition) is 3. The molecule has 34 heavy (non-hydrogen) atoms. The number of allylic oxidation sites excluding steroid dienone is 1. The molecule has 5 rings (SSSR count). The lowest BCUT2D eigenvalue weighted by Crippen LogP contribution is -2.44. The third-order valence-electron chi connectivity index (χ3n) is 6.43. The molecule has 0 saturated carbocycles. The van der Waals surface area contributed by atoms with Gasteiger partial charge in [0.15, 0.2) is 0 Å². The minimum atomic E-state index is -0.123. The molecule has 0 spiro atoms. The Bertz CT molecular complexity index is 1250. The number of nitrogens with zero attached hydrogens (tertiary/aromatic N) is 5. The number of piperazine rings is 1. The van der Waals surface area contributed by atoms with Crippen molar-refractivity contribution in [2.75, 3.05) is 43.4 Å². The van der Waals surface area contributed by atoms with Crippen LogP contribution >= 0.6 is 0 Å². The third kappa shape index (κ3) is 3.94. The number of amides is 1. The number of fused-ring (bicyclic) bond motifs is 1. The highest BCUT2D eigenvalue weighted by Crippen LogP contribution is 2.36.